The quantitative estimate of drug-likeness (QED) is 0.403. The van der Waals surface area contributed by atoms with Gasteiger partial charge in [-0.05, 0) is 74.4 Å². The third-order valence-corrected chi connectivity index (χ3v) is 8.90. The topological polar surface area (TPSA) is 56.3 Å². The molecule has 6 nitrogen and oxygen atoms in total. The van der Waals surface area contributed by atoms with E-state index in [1.54, 1.807) is 0 Å². The van der Waals surface area contributed by atoms with Crippen LogP contribution in [0.1, 0.15) is 76.7 Å². The number of nitrogens with zero attached hydrogens (tertiary/aromatic N) is 4. The Morgan fingerprint density at radius 1 is 0.973 bits per heavy atom. The van der Waals surface area contributed by atoms with Crippen molar-refractivity contribution in [1.29, 1.82) is 0 Å². The van der Waals surface area contributed by atoms with E-state index >= 15 is 0 Å². The van der Waals surface area contributed by atoms with Crippen molar-refractivity contribution in [3.63, 3.8) is 0 Å². The van der Waals surface area contributed by atoms with Crippen LogP contribution in [0.25, 0.3) is 0 Å². The lowest BCUT2D eigenvalue weighted by Gasteiger charge is -2.33. The third-order valence-electron chi connectivity index (χ3n) is 8.42. The molecule has 1 aliphatic carbocycles. The van der Waals surface area contributed by atoms with Crippen molar-refractivity contribution in [2.75, 3.05) is 47.8 Å². The number of thiocarbonyl (C=S) groups is 1. The van der Waals surface area contributed by atoms with Gasteiger partial charge in [-0.1, -0.05) is 56.3 Å². The SMILES string of the molecule is C[C@@H]1CCCN(c2cc(N3CCCCCC3)nc(NC(=S)NCC3(c4cccc(Cl)c4)CCCC3)n2)C1. The lowest BCUT2D eigenvalue weighted by Crippen LogP contribution is -2.41. The second-order valence-electron chi connectivity index (χ2n) is 11.3. The smallest absolute Gasteiger partial charge is 0.232 e. The summed E-state index contributed by atoms with van der Waals surface area (Å²) in [4.78, 5) is 14.8. The van der Waals surface area contributed by atoms with Crippen LogP contribution in [0.4, 0.5) is 17.6 Å². The van der Waals surface area contributed by atoms with Crippen LogP contribution in [0, 0.1) is 5.92 Å². The molecule has 2 saturated heterocycles. The Hall–Kier alpha value is -2.12. The van der Waals surface area contributed by atoms with Crippen molar-refractivity contribution in [3.05, 3.63) is 40.9 Å². The Kier molecular flexibility index (Phi) is 8.71. The molecule has 200 valence electrons. The average Bonchev–Trinajstić information content (AvgIpc) is 3.22. The van der Waals surface area contributed by atoms with Crippen molar-refractivity contribution in [1.82, 2.24) is 15.3 Å². The molecule has 1 atom stereocenters. The van der Waals surface area contributed by atoms with E-state index in [9.17, 15) is 0 Å². The summed E-state index contributed by atoms with van der Waals surface area (Å²) >= 11 is 12.1. The van der Waals surface area contributed by atoms with Crippen LogP contribution < -0.4 is 20.4 Å². The van der Waals surface area contributed by atoms with Gasteiger partial charge in [0, 0.05) is 49.2 Å². The number of aromatic nitrogens is 2. The summed E-state index contributed by atoms with van der Waals surface area (Å²) in [5.74, 6) is 3.30. The number of benzene rings is 1. The summed E-state index contributed by atoms with van der Waals surface area (Å²) in [6, 6.07) is 10.5. The van der Waals surface area contributed by atoms with E-state index in [0.717, 1.165) is 62.2 Å². The number of nitrogens with one attached hydrogen (secondary N) is 2. The minimum absolute atomic E-state index is 0.0560. The zero-order valence-electron chi connectivity index (χ0n) is 22.1. The van der Waals surface area contributed by atoms with Crippen molar-refractivity contribution in [2.45, 2.75) is 76.5 Å². The summed E-state index contributed by atoms with van der Waals surface area (Å²) in [5, 5.41) is 8.24. The van der Waals surface area contributed by atoms with Gasteiger partial charge in [-0.2, -0.15) is 9.97 Å². The minimum Gasteiger partial charge on any atom is -0.361 e. The summed E-state index contributed by atoms with van der Waals surface area (Å²) < 4.78 is 0. The molecule has 0 spiro atoms. The Balaban J connectivity index is 1.33. The Labute approximate surface area is 232 Å². The van der Waals surface area contributed by atoms with E-state index in [4.69, 9.17) is 33.8 Å². The molecule has 3 heterocycles. The maximum Gasteiger partial charge on any atom is 0.232 e. The Morgan fingerprint density at radius 2 is 1.68 bits per heavy atom. The first-order chi connectivity index (χ1) is 18.0. The molecular formula is C29H41ClN6S. The predicted octanol–water partition coefficient (Wildman–Crippen LogP) is 6.55. The third kappa shape index (κ3) is 6.66. The number of piperidine rings is 1. The zero-order valence-corrected chi connectivity index (χ0v) is 23.7. The van der Waals surface area contributed by atoms with Gasteiger partial charge in [-0.25, -0.2) is 0 Å². The molecular weight excluding hydrogens is 500 g/mol. The number of rotatable bonds is 6. The van der Waals surface area contributed by atoms with E-state index in [-0.39, 0.29) is 5.41 Å². The Bertz CT molecular complexity index is 1040. The van der Waals surface area contributed by atoms with Gasteiger partial charge in [0.2, 0.25) is 5.95 Å². The van der Waals surface area contributed by atoms with Gasteiger partial charge in [0.15, 0.2) is 5.11 Å². The fourth-order valence-corrected chi connectivity index (χ4v) is 6.69. The molecule has 3 fully saturated rings. The maximum atomic E-state index is 6.35. The van der Waals surface area contributed by atoms with Crippen molar-refractivity contribution in [2.24, 2.45) is 5.92 Å². The molecule has 2 aromatic rings. The monoisotopic (exact) mass is 540 g/mol. The van der Waals surface area contributed by atoms with Crippen molar-refractivity contribution >= 4 is 46.5 Å². The highest BCUT2D eigenvalue weighted by Gasteiger charge is 2.36. The molecule has 0 unspecified atom stereocenters. The highest BCUT2D eigenvalue weighted by atomic mass is 35.5. The predicted molar refractivity (Wildman–Crippen MR) is 159 cm³/mol. The Morgan fingerprint density at radius 3 is 2.38 bits per heavy atom. The van der Waals surface area contributed by atoms with Crippen LogP contribution in [0.2, 0.25) is 5.02 Å². The molecule has 37 heavy (non-hydrogen) atoms. The van der Waals surface area contributed by atoms with Crippen LogP contribution in [0.3, 0.4) is 0 Å². The van der Waals surface area contributed by atoms with E-state index in [0.29, 0.717) is 17.0 Å². The standard InChI is InChI=1S/C29H41ClN6S/c1-22-10-9-17-36(20-22)26-19-25(35-15-6-2-3-7-16-35)32-27(33-26)34-28(37)31-21-29(13-4-5-14-29)23-11-8-12-24(30)18-23/h8,11-12,18-19,22H,2-7,9-10,13-17,20-21H2,1H3,(H2,31,32,33,34,37)/t22-/m1/s1. The van der Waals surface area contributed by atoms with Gasteiger partial charge in [-0.15, -0.1) is 0 Å². The van der Waals surface area contributed by atoms with E-state index in [1.165, 1.54) is 56.9 Å². The second-order valence-corrected chi connectivity index (χ2v) is 12.2. The molecule has 0 amide bonds. The minimum atomic E-state index is 0.0560. The lowest BCUT2D eigenvalue weighted by atomic mass is 9.79. The highest BCUT2D eigenvalue weighted by Crippen LogP contribution is 2.41. The molecule has 1 aromatic carbocycles. The van der Waals surface area contributed by atoms with Crippen LogP contribution >= 0.6 is 23.8 Å². The molecule has 0 radical (unpaired) electrons. The summed E-state index contributed by atoms with van der Waals surface area (Å²) in [7, 11) is 0. The zero-order chi connectivity index (χ0) is 25.7. The number of anilines is 3. The molecule has 1 aromatic heterocycles. The molecule has 5 rings (SSSR count). The summed E-state index contributed by atoms with van der Waals surface area (Å²) in [6.45, 7) is 7.31. The fourth-order valence-electron chi connectivity index (χ4n) is 6.33. The van der Waals surface area contributed by atoms with Crippen LogP contribution in [-0.4, -0.2) is 47.8 Å². The van der Waals surface area contributed by atoms with E-state index in [1.807, 2.05) is 6.07 Å². The lowest BCUT2D eigenvalue weighted by molar-refractivity contribution is 0.435. The summed E-state index contributed by atoms with van der Waals surface area (Å²) in [6.07, 6.45) is 12.3. The fraction of sp³-hybridized carbons (Fsp3) is 0.621. The second kappa shape index (κ2) is 12.2. The maximum absolute atomic E-state index is 6.35. The van der Waals surface area contributed by atoms with E-state index < -0.39 is 0 Å². The average molecular weight is 541 g/mol. The number of hydrogen-bond acceptors (Lipinski definition) is 5. The van der Waals surface area contributed by atoms with Gasteiger partial charge in [0.1, 0.15) is 11.6 Å². The van der Waals surface area contributed by atoms with Gasteiger partial charge in [-0.3, -0.25) is 0 Å². The molecule has 8 heteroatoms. The van der Waals surface area contributed by atoms with Crippen LogP contribution in [0.15, 0.2) is 30.3 Å². The van der Waals surface area contributed by atoms with Crippen LogP contribution in [-0.2, 0) is 5.41 Å². The van der Waals surface area contributed by atoms with Crippen molar-refractivity contribution in [3.8, 4) is 0 Å². The van der Waals surface area contributed by atoms with Gasteiger partial charge in [0.25, 0.3) is 0 Å². The first-order valence-electron chi connectivity index (χ1n) is 14.2. The first kappa shape index (κ1) is 26.5. The normalized spacial score (nSPS) is 21.9. The van der Waals surface area contributed by atoms with Gasteiger partial charge in [0.05, 0.1) is 0 Å². The van der Waals surface area contributed by atoms with Gasteiger partial charge < -0.3 is 20.4 Å². The van der Waals surface area contributed by atoms with Crippen molar-refractivity contribution < 1.29 is 0 Å². The molecule has 2 N–H and O–H groups in total. The number of halogens is 1. The molecule has 1 saturated carbocycles. The highest BCUT2D eigenvalue weighted by molar-refractivity contribution is 7.80. The van der Waals surface area contributed by atoms with E-state index in [2.05, 4.69) is 51.6 Å². The van der Waals surface area contributed by atoms with Crippen LogP contribution in [0.5, 0.6) is 0 Å². The molecule has 0 bridgehead atoms. The van der Waals surface area contributed by atoms with Gasteiger partial charge >= 0.3 is 0 Å². The largest absolute Gasteiger partial charge is 0.361 e. The number of hydrogen-bond donors (Lipinski definition) is 2. The summed E-state index contributed by atoms with van der Waals surface area (Å²) in [5.41, 5.74) is 1.36. The molecule has 3 aliphatic rings. The molecule has 2 aliphatic heterocycles. The first-order valence-corrected chi connectivity index (χ1v) is 15.0.